The molecule has 148 heavy (non-hydrogen) atoms. The Balaban J connectivity index is 0.000000121. The zero-order chi connectivity index (χ0) is 103. The van der Waals surface area contributed by atoms with Crippen LogP contribution in [0.2, 0.25) is 10.0 Å². The van der Waals surface area contributed by atoms with E-state index in [0.717, 1.165) is 169 Å². The number of aryl methyl sites for hydroxylation is 5. The van der Waals surface area contributed by atoms with Gasteiger partial charge in [0, 0.05) is 147 Å². The first-order chi connectivity index (χ1) is 71.6. The Hall–Kier alpha value is -12.9. The Labute approximate surface area is 889 Å². The summed E-state index contributed by atoms with van der Waals surface area (Å²) < 4.78 is 29.1. The minimum absolute atomic E-state index is 0.157. The summed E-state index contributed by atoms with van der Waals surface area (Å²) in [5.74, 6) is 1.44. The van der Waals surface area contributed by atoms with Crippen molar-refractivity contribution in [2.24, 2.45) is 23.7 Å². The second kappa shape index (κ2) is 48.2. The molecular formula is C109H125Cl2F2N25O5S5. The summed E-state index contributed by atoms with van der Waals surface area (Å²) in [6.07, 6.45) is 30.4. The molecule has 5 saturated heterocycles. The Bertz CT molecular complexity index is 7310. The van der Waals surface area contributed by atoms with Gasteiger partial charge in [0.15, 0.2) is 0 Å². The van der Waals surface area contributed by atoms with E-state index in [2.05, 4.69) is 169 Å². The largest absolute Gasteiger partial charge is 0.396 e. The van der Waals surface area contributed by atoms with E-state index >= 15 is 0 Å². The van der Waals surface area contributed by atoms with E-state index in [1.165, 1.54) is 181 Å². The Morgan fingerprint density at radius 1 is 0.324 bits per heavy atom. The first-order valence-electron chi connectivity index (χ1n) is 51.1. The van der Waals surface area contributed by atoms with Gasteiger partial charge in [-0.2, -0.15) is 0 Å². The zero-order valence-corrected chi connectivity index (χ0v) is 89.5. The molecule has 7 aliphatic rings. The molecule has 4 bridgehead atoms. The number of nitrogens with one attached hydrogen (secondary N) is 5. The third kappa shape index (κ3) is 25.4. The summed E-state index contributed by atoms with van der Waals surface area (Å²) in [5.41, 5.74) is 49.3. The van der Waals surface area contributed by atoms with E-state index in [1.807, 2.05) is 51.7 Å². The summed E-state index contributed by atoms with van der Waals surface area (Å²) >= 11 is 19.5. The lowest BCUT2D eigenvalue weighted by Crippen LogP contribution is -2.36. The van der Waals surface area contributed by atoms with E-state index in [4.69, 9.17) is 51.9 Å². The van der Waals surface area contributed by atoms with Crippen molar-refractivity contribution in [3.05, 3.63) is 230 Å². The normalized spacial score (nSPS) is 16.9. The third-order valence-electron chi connectivity index (χ3n) is 28.4. The van der Waals surface area contributed by atoms with Gasteiger partial charge in [0.05, 0.1) is 84.0 Å². The molecule has 30 nitrogen and oxygen atoms in total. The van der Waals surface area contributed by atoms with Crippen LogP contribution in [-0.2, 0) is 32.1 Å². The Kier molecular flexibility index (Phi) is 34.2. The van der Waals surface area contributed by atoms with Crippen LogP contribution >= 0.6 is 79.9 Å². The molecule has 39 heteroatoms. The van der Waals surface area contributed by atoms with Gasteiger partial charge in [-0.1, -0.05) is 59.6 Å². The van der Waals surface area contributed by atoms with Crippen molar-refractivity contribution in [2.45, 2.75) is 163 Å². The smallest absolute Gasteiger partial charge is 0.263 e. The Morgan fingerprint density at radius 3 is 0.912 bits per heavy atom. The second-order valence-corrected chi connectivity index (χ2v) is 45.2. The number of carbonyl (C=O) groups excluding carboxylic acids is 5. The van der Waals surface area contributed by atoms with Gasteiger partial charge in [-0.05, 0) is 269 Å². The monoisotopic (exact) mass is 2130 g/mol. The predicted octanol–water partition coefficient (Wildman–Crippen LogP) is 19.8. The van der Waals surface area contributed by atoms with Crippen LogP contribution in [0.1, 0.15) is 201 Å². The Morgan fingerprint density at radius 2 is 0.595 bits per heavy atom. The van der Waals surface area contributed by atoms with Gasteiger partial charge in [0.1, 0.15) is 87.8 Å². The van der Waals surface area contributed by atoms with Crippen molar-refractivity contribution < 1.29 is 32.8 Å². The van der Waals surface area contributed by atoms with Crippen molar-refractivity contribution >= 4 is 218 Å². The van der Waals surface area contributed by atoms with Gasteiger partial charge in [0.2, 0.25) is 0 Å². The number of nitrogens with two attached hydrogens (primary N) is 5. The molecule has 2 aliphatic carbocycles. The average Bonchev–Trinajstić information content (AvgIpc) is 1.66. The number of hydrogen-bond acceptors (Lipinski definition) is 30. The van der Waals surface area contributed by atoms with Crippen molar-refractivity contribution in [3.8, 4) is 0 Å². The highest BCUT2D eigenvalue weighted by Gasteiger charge is 2.36. The minimum atomic E-state index is -0.462. The summed E-state index contributed by atoms with van der Waals surface area (Å²) in [7, 11) is 0. The first-order valence-corrected chi connectivity index (χ1v) is 55.9. The molecule has 4 unspecified atom stereocenters. The fraction of sp³-hybridized carbons (Fsp3) is 0.404. The van der Waals surface area contributed by atoms with Crippen LogP contribution in [0.15, 0.2) is 128 Å². The number of carbonyl (C=O) groups is 5. The van der Waals surface area contributed by atoms with Crippen LogP contribution in [0.4, 0.5) is 65.7 Å². The molecule has 0 radical (unpaired) electrons. The highest BCUT2D eigenvalue weighted by atomic mass is 35.5. The van der Waals surface area contributed by atoms with Crippen LogP contribution in [0.3, 0.4) is 0 Å². The second-order valence-electron chi connectivity index (χ2n) is 39.4. The van der Waals surface area contributed by atoms with E-state index in [-0.39, 0.29) is 53.8 Å². The molecule has 15 heterocycles. The number of nitrogen functional groups attached to an aromatic ring is 5. The average molecular weight is 2130 g/mol. The van der Waals surface area contributed by atoms with Gasteiger partial charge in [-0.15, -0.1) is 56.7 Å². The molecule has 2 saturated carbocycles. The lowest BCUT2D eigenvalue weighted by Gasteiger charge is -2.34. The number of fused-ring (bicyclic) bond motifs is 9. The molecule has 0 spiro atoms. The van der Waals surface area contributed by atoms with Gasteiger partial charge in [-0.3, -0.25) is 24.0 Å². The number of hydrogen-bond donors (Lipinski definition) is 10. The van der Waals surface area contributed by atoms with E-state index < -0.39 is 11.6 Å². The zero-order valence-electron chi connectivity index (χ0n) is 83.9. The summed E-state index contributed by atoms with van der Waals surface area (Å²) in [4.78, 5) is 124. The molecule has 774 valence electrons. The molecule has 5 amide bonds. The highest BCUT2D eigenvalue weighted by molar-refractivity contribution is 7.22. The van der Waals surface area contributed by atoms with E-state index in [9.17, 15) is 32.8 Å². The fourth-order valence-corrected chi connectivity index (χ4v) is 26.3. The number of rotatable bonds is 25. The summed E-state index contributed by atoms with van der Waals surface area (Å²) in [6, 6.07) is 32.5. The maximum absolute atomic E-state index is 14.5. The van der Waals surface area contributed by atoms with Gasteiger partial charge in [-0.25, -0.2) is 58.6 Å². The third-order valence-corrected chi connectivity index (χ3v) is 34.4. The van der Waals surface area contributed by atoms with Crippen molar-refractivity contribution in [1.29, 1.82) is 0 Å². The molecular weight excluding hydrogens is 2010 g/mol. The molecule has 15 N–H and O–H groups in total. The number of halogens is 4. The molecule has 22 rings (SSSR count). The summed E-state index contributed by atoms with van der Waals surface area (Å²) in [5, 5.41) is 16.2. The van der Waals surface area contributed by atoms with Crippen LogP contribution in [0.5, 0.6) is 0 Å². The van der Waals surface area contributed by atoms with E-state index in [1.54, 1.807) is 31.0 Å². The standard InChI is InChI=1S/C23H26ClN5OS.C23H27N5OS.C21H24ClN5OS.C21H23F2N5OS.C21H25N5OS/c1-13-10-27-20-19(25)21(31-23(20)28-13)22(30)26-7-6-14-4-5-18(17(24)9-14)29-11-15-2-3-16(8-15)12-29;1-14-11-26-20-19(24)21(30-23(20)27-14)22(29)25-9-8-15-4-6-18(7-5-15)28-12-16-2-3-17(10-16)13-28;1-13-12-25-18-17(23)19(29-21(18)26-13)20(28)24-8-7-14-5-6-16(15(22)11-14)27-9-3-2-4-10-27;1-12-11-26-18-17(24)19(30-21(18)27-12)20(29)25-6-5-13-9-15(23)16(10-14(13)22)28-7-3-2-4-8-28;1-14-13-24-18-17(22)19(28-21(18)25-14)20(27)23-10-9-15-5-7-16(8-6-15)26-11-3-2-4-12-26/h4-5,9-10,15-16H,2-3,6-8,11-12,25H2,1H3,(H,26,30);4-7,11,16-17H,2-3,8-10,12-13,24H2,1H3,(H,25,29);5-6,11-12H,2-4,7-10,23H2,1H3,(H,24,28);9-11H,2-8,24H2,1H3,(H,25,29);5-8,13H,2-4,9-12,22H2,1H3,(H,23,27). The number of aromatic nitrogens is 10. The fourth-order valence-electron chi connectivity index (χ4n) is 20.6. The maximum Gasteiger partial charge on any atom is 0.263 e. The van der Waals surface area contributed by atoms with Gasteiger partial charge >= 0.3 is 0 Å². The number of anilines is 10. The molecule has 7 fully saturated rings. The molecule has 15 aromatic rings. The van der Waals surface area contributed by atoms with Crippen molar-refractivity contribution in [2.75, 3.05) is 151 Å². The number of thiophene rings is 5. The number of nitrogens with zero attached hydrogens (tertiary/aromatic N) is 15. The number of piperidine rings is 5. The molecule has 5 aliphatic heterocycles. The first kappa shape index (κ1) is 105. The van der Waals surface area contributed by atoms with Crippen LogP contribution in [-0.4, -0.2) is 178 Å². The molecule has 10 aromatic heterocycles. The SMILES string of the molecule is Cc1cnc2c(N)c(C(=O)NCCc3cc(F)c(N4CCCCC4)cc3F)sc2n1.Cc1cnc2c(N)c(C(=O)NCCc3ccc(N4CC5CCC(C5)C4)c(Cl)c3)sc2n1.Cc1cnc2c(N)c(C(=O)NCCc3ccc(N4CC5CCC(C5)C4)cc3)sc2n1.Cc1cnc2c(N)c(C(=O)NCCc3ccc(N4CCCCC4)c(Cl)c3)sc2n1.Cc1cnc2c(N)c(C(=O)NCCc3ccc(N4CCCCC4)cc3)sc2n1. The highest BCUT2D eigenvalue weighted by Crippen LogP contribution is 2.44. The van der Waals surface area contributed by atoms with Gasteiger partial charge < -0.3 is 79.8 Å². The molecule has 5 aromatic carbocycles. The topological polar surface area (TPSA) is 421 Å². The minimum Gasteiger partial charge on any atom is -0.396 e. The summed E-state index contributed by atoms with van der Waals surface area (Å²) in [6.45, 7) is 22.1. The van der Waals surface area contributed by atoms with Crippen molar-refractivity contribution in [1.82, 2.24) is 76.4 Å². The van der Waals surface area contributed by atoms with Crippen LogP contribution in [0, 0.1) is 69.9 Å². The van der Waals surface area contributed by atoms with Crippen LogP contribution < -0.4 is 79.8 Å². The number of amides is 5. The quantitative estimate of drug-likeness (QED) is 0.0254. The predicted molar refractivity (Wildman–Crippen MR) is 599 cm³/mol. The lowest BCUT2D eigenvalue weighted by molar-refractivity contribution is 0.0950. The molecule has 4 atom stereocenters. The van der Waals surface area contributed by atoms with Crippen LogP contribution in [0.25, 0.3) is 51.7 Å². The van der Waals surface area contributed by atoms with Crippen molar-refractivity contribution in [3.63, 3.8) is 0 Å². The maximum atomic E-state index is 14.5. The van der Waals surface area contributed by atoms with Gasteiger partial charge in [0.25, 0.3) is 29.5 Å². The number of benzene rings is 5. The lowest BCUT2D eigenvalue weighted by atomic mass is 9.98. The van der Waals surface area contributed by atoms with E-state index in [0.29, 0.717) is 144 Å².